The number of likely N-dealkylation sites (N-methyl/N-ethyl adjacent to an activating group) is 1. The van der Waals surface area contributed by atoms with Gasteiger partial charge in [-0.1, -0.05) is 6.07 Å². The van der Waals surface area contributed by atoms with Gasteiger partial charge < -0.3 is 5.32 Å². The van der Waals surface area contributed by atoms with Crippen LogP contribution in [0.25, 0.3) is 0 Å². The van der Waals surface area contributed by atoms with Crippen molar-refractivity contribution in [1.29, 1.82) is 0 Å². The molecule has 0 saturated carbocycles. The SMILES string of the molecule is CNC(Cc1c(F)cccc1F)c1ccsc1. The first-order valence-electron chi connectivity index (χ1n) is 5.34. The van der Waals surface area contributed by atoms with Gasteiger partial charge in [0.05, 0.1) is 0 Å². The van der Waals surface area contributed by atoms with Gasteiger partial charge in [0, 0.05) is 11.6 Å². The normalized spacial score (nSPS) is 12.6. The summed E-state index contributed by atoms with van der Waals surface area (Å²) in [6, 6.07) is 5.86. The zero-order valence-corrected chi connectivity index (χ0v) is 10.2. The number of halogens is 2. The van der Waals surface area contributed by atoms with Gasteiger partial charge in [0.15, 0.2) is 0 Å². The number of rotatable bonds is 4. The maximum absolute atomic E-state index is 13.5. The lowest BCUT2D eigenvalue weighted by Gasteiger charge is -2.15. The molecule has 17 heavy (non-hydrogen) atoms. The molecule has 0 spiro atoms. The molecule has 90 valence electrons. The second-order valence-corrected chi connectivity index (χ2v) is 4.58. The molecule has 1 atom stereocenters. The van der Waals surface area contributed by atoms with Gasteiger partial charge in [-0.15, -0.1) is 0 Å². The van der Waals surface area contributed by atoms with Gasteiger partial charge in [0.2, 0.25) is 0 Å². The lowest BCUT2D eigenvalue weighted by Crippen LogP contribution is -2.19. The summed E-state index contributed by atoms with van der Waals surface area (Å²) in [5.74, 6) is -0.971. The van der Waals surface area contributed by atoms with E-state index in [1.165, 1.54) is 18.2 Å². The smallest absolute Gasteiger partial charge is 0.129 e. The Labute approximate surface area is 103 Å². The summed E-state index contributed by atoms with van der Waals surface area (Å²) in [5.41, 5.74) is 1.19. The molecule has 1 heterocycles. The summed E-state index contributed by atoms with van der Waals surface area (Å²) in [5, 5.41) is 7.02. The lowest BCUT2D eigenvalue weighted by molar-refractivity contribution is 0.516. The molecule has 0 fully saturated rings. The van der Waals surface area contributed by atoms with E-state index < -0.39 is 11.6 Å². The second-order valence-electron chi connectivity index (χ2n) is 3.80. The molecule has 1 aromatic heterocycles. The van der Waals surface area contributed by atoms with Crippen LogP contribution in [0, 0.1) is 11.6 Å². The van der Waals surface area contributed by atoms with Crippen molar-refractivity contribution in [2.24, 2.45) is 0 Å². The quantitative estimate of drug-likeness (QED) is 0.879. The highest BCUT2D eigenvalue weighted by molar-refractivity contribution is 7.07. The van der Waals surface area contributed by atoms with Crippen LogP contribution < -0.4 is 5.32 Å². The zero-order chi connectivity index (χ0) is 12.3. The van der Waals surface area contributed by atoms with E-state index in [2.05, 4.69) is 5.32 Å². The number of hydrogen-bond acceptors (Lipinski definition) is 2. The van der Waals surface area contributed by atoms with Gasteiger partial charge in [-0.3, -0.25) is 0 Å². The third-order valence-corrected chi connectivity index (χ3v) is 3.47. The molecule has 4 heteroatoms. The minimum absolute atomic E-state index is 0.0624. The van der Waals surface area contributed by atoms with Crippen molar-refractivity contribution in [2.45, 2.75) is 12.5 Å². The molecule has 1 aromatic carbocycles. The molecule has 1 N–H and O–H groups in total. The minimum atomic E-state index is -0.486. The summed E-state index contributed by atoms with van der Waals surface area (Å²) in [4.78, 5) is 0. The first-order valence-corrected chi connectivity index (χ1v) is 6.29. The Hall–Kier alpha value is -1.26. The first kappa shape index (κ1) is 12.2. The highest BCUT2D eigenvalue weighted by atomic mass is 32.1. The largest absolute Gasteiger partial charge is 0.313 e. The van der Waals surface area contributed by atoms with Gasteiger partial charge in [-0.25, -0.2) is 8.78 Å². The maximum atomic E-state index is 13.5. The van der Waals surface area contributed by atoms with Crippen molar-refractivity contribution in [2.75, 3.05) is 7.05 Å². The van der Waals surface area contributed by atoms with E-state index in [0.29, 0.717) is 6.42 Å². The Balaban J connectivity index is 2.25. The predicted molar refractivity (Wildman–Crippen MR) is 66.2 cm³/mol. The van der Waals surface area contributed by atoms with Crippen molar-refractivity contribution in [3.8, 4) is 0 Å². The van der Waals surface area contributed by atoms with Crippen molar-refractivity contribution in [3.05, 3.63) is 57.8 Å². The fourth-order valence-electron chi connectivity index (χ4n) is 1.79. The van der Waals surface area contributed by atoms with Crippen LogP contribution in [0.2, 0.25) is 0 Å². The van der Waals surface area contributed by atoms with Gasteiger partial charge in [0.25, 0.3) is 0 Å². The standard InChI is InChI=1S/C13H13F2NS/c1-16-13(9-5-6-17-8-9)7-10-11(14)3-2-4-12(10)15/h2-6,8,13,16H,7H2,1H3. The molecular weight excluding hydrogens is 240 g/mol. The third-order valence-electron chi connectivity index (χ3n) is 2.76. The highest BCUT2D eigenvalue weighted by Gasteiger charge is 2.16. The Bertz CT molecular complexity index is 462. The number of nitrogens with one attached hydrogen (secondary N) is 1. The summed E-state index contributed by atoms with van der Waals surface area (Å²) in [6.45, 7) is 0. The fourth-order valence-corrected chi connectivity index (χ4v) is 2.51. The van der Waals surface area contributed by atoms with Crippen LogP contribution in [0.4, 0.5) is 8.78 Å². The van der Waals surface area contributed by atoms with Crippen molar-refractivity contribution in [3.63, 3.8) is 0 Å². The number of hydrogen-bond donors (Lipinski definition) is 1. The molecular formula is C13H13F2NS. The molecule has 0 bridgehead atoms. The predicted octanol–water partition coefficient (Wildman–Crippen LogP) is 3.53. The second kappa shape index (κ2) is 5.38. The van der Waals surface area contributed by atoms with E-state index in [4.69, 9.17) is 0 Å². The average Bonchev–Trinajstić information content (AvgIpc) is 2.82. The zero-order valence-electron chi connectivity index (χ0n) is 9.41. The number of benzene rings is 1. The van der Waals surface area contributed by atoms with Crippen LogP contribution in [0.1, 0.15) is 17.2 Å². The van der Waals surface area contributed by atoms with Crippen molar-refractivity contribution in [1.82, 2.24) is 5.32 Å². The number of thiophene rings is 1. The van der Waals surface area contributed by atoms with Crippen molar-refractivity contribution < 1.29 is 8.78 Å². The molecule has 0 radical (unpaired) electrons. The summed E-state index contributed by atoms with van der Waals surface area (Å²) in [6.07, 6.45) is 0.311. The lowest BCUT2D eigenvalue weighted by atomic mass is 10.0. The molecule has 0 aliphatic carbocycles. The van der Waals surface area contributed by atoms with Crippen molar-refractivity contribution >= 4 is 11.3 Å². The Morgan fingerprint density at radius 1 is 1.24 bits per heavy atom. The molecule has 1 unspecified atom stereocenters. The summed E-state index contributed by atoms with van der Waals surface area (Å²) < 4.78 is 27.0. The Kier molecular flexibility index (Phi) is 3.86. The topological polar surface area (TPSA) is 12.0 Å². The molecule has 2 rings (SSSR count). The maximum Gasteiger partial charge on any atom is 0.129 e. The van der Waals surface area contributed by atoms with Crippen LogP contribution in [0.3, 0.4) is 0 Å². The highest BCUT2D eigenvalue weighted by Crippen LogP contribution is 2.23. The van der Waals surface area contributed by atoms with Crippen LogP contribution >= 0.6 is 11.3 Å². The molecule has 1 nitrogen and oxygen atoms in total. The minimum Gasteiger partial charge on any atom is -0.313 e. The van der Waals surface area contributed by atoms with E-state index in [9.17, 15) is 8.78 Å². The van der Waals surface area contributed by atoms with Crippen LogP contribution in [0.15, 0.2) is 35.0 Å². The average molecular weight is 253 g/mol. The van der Waals surface area contributed by atoms with Crippen LogP contribution in [-0.2, 0) is 6.42 Å². The first-order chi connectivity index (χ1) is 8.22. The van der Waals surface area contributed by atoms with E-state index in [0.717, 1.165) is 5.56 Å². The van der Waals surface area contributed by atoms with Crippen LogP contribution in [-0.4, -0.2) is 7.05 Å². The molecule has 0 amide bonds. The third kappa shape index (κ3) is 2.70. The van der Waals surface area contributed by atoms with E-state index in [-0.39, 0.29) is 11.6 Å². The van der Waals surface area contributed by atoms with E-state index in [1.807, 2.05) is 16.8 Å². The van der Waals surface area contributed by atoms with Gasteiger partial charge in [0.1, 0.15) is 11.6 Å². The fraction of sp³-hybridized carbons (Fsp3) is 0.231. The van der Waals surface area contributed by atoms with Gasteiger partial charge >= 0.3 is 0 Å². The monoisotopic (exact) mass is 253 g/mol. The summed E-state index contributed by atoms with van der Waals surface area (Å²) >= 11 is 1.57. The molecule has 0 aliphatic rings. The Morgan fingerprint density at radius 2 is 1.94 bits per heavy atom. The van der Waals surface area contributed by atoms with Gasteiger partial charge in [-0.2, -0.15) is 11.3 Å². The van der Waals surface area contributed by atoms with E-state index >= 15 is 0 Å². The molecule has 0 aliphatic heterocycles. The van der Waals surface area contributed by atoms with Gasteiger partial charge in [-0.05, 0) is 48.0 Å². The molecule has 0 saturated heterocycles. The van der Waals surface area contributed by atoms with Crippen LogP contribution in [0.5, 0.6) is 0 Å². The summed E-state index contributed by atoms with van der Waals surface area (Å²) in [7, 11) is 1.79. The molecule has 2 aromatic rings. The Morgan fingerprint density at radius 3 is 2.47 bits per heavy atom. The van der Waals surface area contributed by atoms with E-state index in [1.54, 1.807) is 18.4 Å².